The highest BCUT2D eigenvalue weighted by atomic mass is 16.5. The first-order valence-corrected chi connectivity index (χ1v) is 16.9. The first kappa shape index (κ1) is 35.4. The number of carbonyl (C=O) groups is 2. The summed E-state index contributed by atoms with van der Waals surface area (Å²) in [6.07, 6.45) is 23.3. The molecule has 0 heterocycles. The van der Waals surface area contributed by atoms with Crippen LogP contribution in [-0.4, -0.2) is 25.1 Å². The van der Waals surface area contributed by atoms with Crippen LogP contribution in [-0.2, 0) is 27.2 Å². The van der Waals surface area contributed by atoms with E-state index < -0.39 is 0 Å². The van der Waals surface area contributed by atoms with Crippen molar-refractivity contribution in [2.75, 3.05) is 18.5 Å². The maximum Gasteiger partial charge on any atom is 0.310 e. The number of unbranched alkanes of at least 4 members (excludes halogenated alkanes) is 15. The van der Waals surface area contributed by atoms with Gasteiger partial charge in [0.05, 0.1) is 19.6 Å². The quantitative estimate of drug-likeness (QED) is 0.0939. The molecule has 0 aromatic heterocycles. The van der Waals surface area contributed by atoms with Crippen LogP contribution in [0.2, 0.25) is 0 Å². The zero-order valence-electron chi connectivity index (χ0n) is 26.6. The van der Waals surface area contributed by atoms with Crippen LogP contribution in [0.5, 0.6) is 5.75 Å². The van der Waals surface area contributed by atoms with Crippen LogP contribution in [0.25, 0.3) is 0 Å². The van der Waals surface area contributed by atoms with E-state index in [1.165, 1.54) is 96.3 Å². The van der Waals surface area contributed by atoms with E-state index in [2.05, 4.69) is 12.2 Å². The van der Waals surface area contributed by atoms with E-state index in [0.29, 0.717) is 19.4 Å². The maximum atomic E-state index is 12.4. The number of esters is 1. The molecule has 0 saturated heterocycles. The second-order valence-corrected chi connectivity index (χ2v) is 11.5. The van der Waals surface area contributed by atoms with E-state index in [-0.39, 0.29) is 18.3 Å². The van der Waals surface area contributed by atoms with Crippen molar-refractivity contribution in [3.63, 3.8) is 0 Å². The number of anilines is 1. The zero-order valence-corrected chi connectivity index (χ0v) is 26.6. The van der Waals surface area contributed by atoms with Crippen molar-refractivity contribution >= 4 is 17.6 Å². The monoisotopic (exact) mass is 579 g/mol. The van der Waals surface area contributed by atoms with Crippen molar-refractivity contribution in [1.29, 1.82) is 0 Å². The van der Waals surface area contributed by atoms with Gasteiger partial charge in [-0.1, -0.05) is 128 Å². The molecule has 2 rings (SSSR count). The zero-order chi connectivity index (χ0) is 30.1. The van der Waals surface area contributed by atoms with E-state index in [0.717, 1.165) is 35.6 Å². The normalized spacial score (nSPS) is 10.9. The van der Waals surface area contributed by atoms with Crippen LogP contribution in [0.4, 0.5) is 5.69 Å². The summed E-state index contributed by atoms with van der Waals surface area (Å²) >= 11 is 0. The molecule has 0 aliphatic rings. The van der Waals surface area contributed by atoms with Gasteiger partial charge >= 0.3 is 5.97 Å². The van der Waals surface area contributed by atoms with Crippen LogP contribution in [0.3, 0.4) is 0 Å². The fourth-order valence-corrected chi connectivity index (χ4v) is 5.16. The SMILES string of the molecule is CCCCCCCCCCCCCCCCCCOc1ccc(CCC(=O)Nc2ccc(CC(=O)OCC)cc2)cc1. The minimum atomic E-state index is -0.245. The van der Waals surface area contributed by atoms with Gasteiger partial charge in [0.25, 0.3) is 0 Å². The summed E-state index contributed by atoms with van der Waals surface area (Å²) in [5.41, 5.74) is 2.71. The molecule has 0 atom stereocenters. The maximum absolute atomic E-state index is 12.4. The second kappa shape index (κ2) is 23.7. The molecule has 42 heavy (non-hydrogen) atoms. The molecular formula is C37H57NO4. The summed E-state index contributed by atoms with van der Waals surface area (Å²) in [6, 6.07) is 15.4. The number of carbonyl (C=O) groups excluding carboxylic acids is 2. The van der Waals surface area contributed by atoms with E-state index in [1.54, 1.807) is 6.92 Å². The number of nitrogens with one attached hydrogen (secondary N) is 1. The standard InChI is InChI=1S/C37H57NO4/c1-3-5-6-7-8-9-10-11-12-13-14-15-16-17-18-19-30-42-35-27-22-32(23-28-35)24-29-36(39)38-34-25-20-33(21-26-34)31-37(40)41-4-2/h20-23,25-28H,3-19,24,29-31H2,1-2H3,(H,38,39). The molecular weight excluding hydrogens is 522 g/mol. The van der Waals surface area contributed by atoms with Crippen LogP contribution in [0.1, 0.15) is 134 Å². The summed E-state index contributed by atoms with van der Waals surface area (Å²) in [5.74, 6) is 0.620. The van der Waals surface area contributed by atoms with Crippen molar-refractivity contribution in [3.05, 3.63) is 59.7 Å². The molecule has 0 radical (unpaired) electrons. The molecule has 2 aromatic rings. The highest BCUT2D eigenvalue weighted by Crippen LogP contribution is 2.17. The number of amides is 1. The van der Waals surface area contributed by atoms with Gasteiger partial charge in [0.15, 0.2) is 0 Å². The van der Waals surface area contributed by atoms with E-state index in [9.17, 15) is 9.59 Å². The Bertz CT molecular complexity index is 955. The molecule has 0 unspecified atom stereocenters. The molecule has 0 fully saturated rings. The number of rotatable bonds is 25. The highest BCUT2D eigenvalue weighted by molar-refractivity contribution is 5.90. The van der Waals surface area contributed by atoms with Crippen molar-refractivity contribution in [3.8, 4) is 5.75 Å². The van der Waals surface area contributed by atoms with Crippen molar-refractivity contribution in [1.82, 2.24) is 0 Å². The molecule has 5 heteroatoms. The largest absolute Gasteiger partial charge is 0.494 e. The summed E-state index contributed by atoms with van der Waals surface area (Å²) in [7, 11) is 0. The van der Waals surface area contributed by atoms with E-state index >= 15 is 0 Å². The van der Waals surface area contributed by atoms with Crippen LogP contribution in [0, 0.1) is 0 Å². The third kappa shape index (κ3) is 17.9. The minimum absolute atomic E-state index is 0.0306. The molecule has 1 N–H and O–H groups in total. The Morgan fingerprint density at radius 1 is 0.619 bits per heavy atom. The molecule has 234 valence electrons. The summed E-state index contributed by atoms with van der Waals surface area (Å²) in [5, 5.41) is 2.92. The Morgan fingerprint density at radius 2 is 1.12 bits per heavy atom. The van der Waals surface area contributed by atoms with Crippen molar-refractivity contribution < 1.29 is 19.1 Å². The lowest BCUT2D eigenvalue weighted by Gasteiger charge is -2.09. The Labute approximate surface area is 256 Å². The number of benzene rings is 2. The van der Waals surface area contributed by atoms with Gasteiger partial charge in [0, 0.05) is 12.1 Å². The number of ether oxygens (including phenoxy) is 2. The van der Waals surface area contributed by atoms with Gasteiger partial charge < -0.3 is 14.8 Å². The molecule has 1 amide bonds. The number of hydrogen-bond acceptors (Lipinski definition) is 4. The fourth-order valence-electron chi connectivity index (χ4n) is 5.16. The Morgan fingerprint density at radius 3 is 1.64 bits per heavy atom. The van der Waals surface area contributed by atoms with Gasteiger partial charge in [0.2, 0.25) is 5.91 Å². The van der Waals surface area contributed by atoms with Crippen molar-refractivity contribution in [2.24, 2.45) is 0 Å². The minimum Gasteiger partial charge on any atom is -0.494 e. The van der Waals surface area contributed by atoms with Gasteiger partial charge in [-0.05, 0) is 55.2 Å². The molecule has 5 nitrogen and oxygen atoms in total. The van der Waals surface area contributed by atoms with Gasteiger partial charge in [-0.2, -0.15) is 0 Å². The predicted molar refractivity (Wildman–Crippen MR) is 175 cm³/mol. The lowest BCUT2D eigenvalue weighted by Crippen LogP contribution is -2.12. The molecule has 0 saturated carbocycles. The third-order valence-corrected chi connectivity index (χ3v) is 7.72. The Hall–Kier alpha value is -2.82. The van der Waals surface area contributed by atoms with Crippen molar-refractivity contribution in [2.45, 2.75) is 136 Å². The smallest absolute Gasteiger partial charge is 0.310 e. The van der Waals surface area contributed by atoms with E-state index in [1.807, 2.05) is 48.5 Å². The first-order chi connectivity index (χ1) is 20.6. The lowest BCUT2D eigenvalue weighted by molar-refractivity contribution is -0.142. The van der Waals surface area contributed by atoms with Gasteiger partial charge in [0.1, 0.15) is 5.75 Å². The third-order valence-electron chi connectivity index (χ3n) is 7.72. The van der Waals surface area contributed by atoms with Gasteiger partial charge in [-0.3, -0.25) is 9.59 Å². The number of hydrogen-bond donors (Lipinski definition) is 1. The first-order valence-electron chi connectivity index (χ1n) is 16.9. The fraction of sp³-hybridized carbons (Fsp3) is 0.622. The van der Waals surface area contributed by atoms with Gasteiger partial charge in [-0.25, -0.2) is 0 Å². The van der Waals surface area contributed by atoms with Crippen LogP contribution >= 0.6 is 0 Å². The molecule has 0 spiro atoms. The van der Waals surface area contributed by atoms with E-state index in [4.69, 9.17) is 9.47 Å². The second-order valence-electron chi connectivity index (χ2n) is 11.5. The van der Waals surface area contributed by atoms with Crippen LogP contribution in [0.15, 0.2) is 48.5 Å². The highest BCUT2D eigenvalue weighted by Gasteiger charge is 2.07. The lowest BCUT2D eigenvalue weighted by atomic mass is 10.0. The Balaban J connectivity index is 1.44. The van der Waals surface area contributed by atoms with Crippen LogP contribution < -0.4 is 10.1 Å². The molecule has 0 aliphatic carbocycles. The number of aryl methyl sites for hydroxylation is 1. The average molecular weight is 580 g/mol. The van der Waals surface area contributed by atoms with Gasteiger partial charge in [-0.15, -0.1) is 0 Å². The molecule has 0 bridgehead atoms. The molecule has 0 aliphatic heterocycles. The predicted octanol–water partition coefficient (Wildman–Crippen LogP) is 10.0. The average Bonchev–Trinajstić information content (AvgIpc) is 2.99. The summed E-state index contributed by atoms with van der Waals surface area (Å²) in [4.78, 5) is 24.0. The molecule has 2 aromatic carbocycles. The summed E-state index contributed by atoms with van der Waals surface area (Å²) < 4.78 is 10.9. The topological polar surface area (TPSA) is 64.6 Å². The summed E-state index contributed by atoms with van der Waals surface area (Å²) in [6.45, 7) is 5.22. The Kier molecular flexibility index (Phi) is 20.0.